The fourth-order valence-electron chi connectivity index (χ4n) is 3.30. The van der Waals surface area contributed by atoms with E-state index in [1.165, 1.54) is 12.1 Å². The largest absolute Gasteiger partial charge is 0.336 e. The van der Waals surface area contributed by atoms with E-state index in [9.17, 15) is 9.18 Å². The molecule has 4 rings (SSSR count). The topological polar surface area (TPSA) is 67.2 Å². The third-order valence-corrected chi connectivity index (χ3v) is 4.94. The SMILES string of the molecule is CC(c1nnnn1C1CC1)N1CCN(Cc2cccc(F)c2)C(=O)C1. The predicted octanol–water partition coefficient (Wildman–Crippen LogP) is 1.55. The Balaban J connectivity index is 1.40. The van der Waals surface area contributed by atoms with Crippen LogP contribution in [0, 0.1) is 5.82 Å². The van der Waals surface area contributed by atoms with Gasteiger partial charge in [-0.3, -0.25) is 9.69 Å². The van der Waals surface area contributed by atoms with Crippen molar-refractivity contribution >= 4 is 5.91 Å². The fraction of sp³-hybridized carbons (Fsp3) is 0.529. The number of piperazine rings is 1. The van der Waals surface area contributed by atoms with E-state index in [1.54, 1.807) is 11.0 Å². The van der Waals surface area contributed by atoms with Crippen molar-refractivity contribution in [2.45, 2.75) is 38.4 Å². The van der Waals surface area contributed by atoms with Gasteiger partial charge < -0.3 is 4.90 Å². The molecule has 0 radical (unpaired) electrons. The van der Waals surface area contributed by atoms with Gasteiger partial charge in [-0.05, 0) is 47.9 Å². The summed E-state index contributed by atoms with van der Waals surface area (Å²) in [5, 5.41) is 12.1. The van der Waals surface area contributed by atoms with Gasteiger partial charge in [0.2, 0.25) is 5.91 Å². The molecule has 132 valence electrons. The molecule has 0 bridgehead atoms. The molecule has 0 spiro atoms. The molecule has 25 heavy (non-hydrogen) atoms. The lowest BCUT2D eigenvalue weighted by atomic mass is 10.1. The minimum Gasteiger partial charge on any atom is -0.336 e. The third-order valence-electron chi connectivity index (χ3n) is 4.94. The molecule has 0 N–H and O–H groups in total. The molecule has 2 fully saturated rings. The standard InChI is InChI=1S/C17H21FN6O/c1-12(17-19-20-21-24(17)15-5-6-15)22-7-8-23(16(25)11-22)10-13-3-2-4-14(18)9-13/h2-4,9,12,15H,5-8,10-11H2,1H3. The summed E-state index contributed by atoms with van der Waals surface area (Å²) in [6, 6.07) is 6.81. The van der Waals surface area contributed by atoms with Crippen molar-refractivity contribution in [2.24, 2.45) is 0 Å². The first-order chi connectivity index (χ1) is 12.1. The van der Waals surface area contributed by atoms with Gasteiger partial charge in [0.1, 0.15) is 5.82 Å². The van der Waals surface area contributed by atoms with Gasteiger partial charge in [-0.25, -0.2) is 9.07 Å². The van der Waals surface area contributed by atoms with Crippen LogP contribution in [-0.2, 0) is 11.3 Å². The van der Waals surface area contributed by atoms with E-state index in [1.807, 2.05) is 17.7 Å². The van der Waals surface area contributed by atoms with Crippen molar-refractivity contribution in [3.63, 3.8) is 0 Å². The molecule has 2 aromatic rings. The molecule has 1 aliphatic carbocycles. The summed E-state index contributed by atoms with van der Waals surface area (Å²) < 4.78 is 15.2. The molecule has 1 saturated heterocycles. The van der Waals surface area contributed by atoms with Crippen LogP contribution in [0.4, 0.5) is 4.39 Å². The molecule has 1 aromatic carbocycles. The summed E-state index contributed by atoms with van der Waals surface area (Å²) in [6.07, 6.45) is 2.23. The van der Waals surface area contributed by atoms with Crippen molar-refractivity contribution in [3.05, 3.63) is 41.5 Å². The molecule has 1 amide bonds. The number of amides is 1. The highest BCUT2D eigenvalue weighted by Crippen LogP contribution is 2.36. The molecule has 1 saturated carbocycles. The molecule has 1 atom stereocenters. The second kappa shape index (κ2) is 6.51. The zero-order valence-corrected chi connectivity index (χ0v) is 14.2. The van der Waals surface area contributed by atoms with Crippen LogP contribution in [0.1, 0.15) is 43.2 Å². The third kappa shape index (κ3) is 3.39. The van der Waals surface area contributed by atoms with E-state index < -0.39 is 0 Å². The summed E-state index contributed by atoms with van der Waals surface area (Å²) in [4.78, 5) is 16.4. The maximum atomic E-state index is 13.3. The Morgan fingerprint density at radius 1 is 1.32 bits per heavy atom. The number of carbonyl (C=O) groups excluding carboxylic acids is 1. The van der Waals surface area contributed by atoms with Gasteiger partial charge in [-0.2, -0.15) is 0 Å². The van der Waals surface area contributed by atoms with Crippen LogP contribution < -0.4 is 0 Å². The first kappa shape index (κ1) is 16.1. The first-order valence-electron chi connectivity index (χ1n) is 8.66. The molecule has 1 aromatic heterocycles. The number of benzene rings is 1. The monoisotopic (exact) mass is 344 g/mol. The molecule has 2 aliphatic rings. The summed E-state index contributed by atoms with van der Waals surface area (Å²) >= 11 is 0. The normalized spacial score (nSPS) is 20.1. The number of tetrazole rings is 1. The molecule has 8 heteroatoms. The van der Waals surface area contributed by atoms with Crippen LogP contribution in [0.5, 0.6) is 0 Å². The number of rotatable bonds is 5. The van der Waals surface area contributed by atoms with E-state index in [0.717, 1.165) is 30.8 Å². The number of halogens is 1. The number of nitrogens with zero attached hydrogens (tertiary/aromatic N) is 6. The lowest BCUT2D eigenvalue weighted by molar-refractivity contribution is -0.137. The van der Waals surface area contributed by atoms with Crippen molar-refractivity contribution in [1.82, 2.24) is 30.0 Å². The van der Waals surface area contributed by atoms with E-state index in [-0.39, 0.29) is 17.8 Å². The summed E-state index contributed by atoms with van der Waals surface area (Å²) in [5.74, 6) is 0.603. The van der Waals surface area contributed by atoms with Gasteiger partial charge in [0.15, 0.2) is 5.82 Å². The quantitative estimate of drug-likeness (QED) is 0.823. The highest BCUT2D eigenvalue weighted by Gasteiger charge is 2.34. The maximum absolute atomic E-state index is 13.3. The van der Waals surface area contributed by atoms with Crippen molar-refractivity contribution < 1.29 is 9.18 Å². The average molecular weight is 344 g/mol. The van der Waals surface area contributed by atoms with E-state index >= 15 is 0 Å². The lowest BCUT2D eigenvalue weighted by Crippen LogP contribution is -2.50. The Labute approximate surface area is 145 Å². The summed E-state index contributed by atoms with van der Waals surface area (Å²) in [5.41, 5.74) is 0.813. The lowest BCUT2D eigenvalue weighted by Gasteiger charge is -2.37. The highest BCUT2D eigenvalue weighted by atomic mass is 19.1. The smallest absolute Gasteiger partial charge is 0.237 e. The fourth-order valence-corrected chi connectivity index (χ4v) is 3.30. The molecule has 1 unspecified atom stereocenters. The van der Waals surface area contributed by atoms with Gasteiger partial charge >= 0.3 is 0 Å². The zero-order valence-electron chi connectivity index (χ0n) is 14.2. The molecule has 2 heterocycles. The minimum absolute atomic E-state index is 0.00382. The van der Waals surface area contributed by atoms with Crippen LogP contribution in [0.15, 0.2) is 24.3 Å². The van der Waals surface area contributed by atoms with Gasteiger partial charge in [0, 0.05) is 19.6 Å². The van der Waals surface area contributed by atoms with E-state index in [0.29, 0.717) is 25.7 Å². The second-order valence-electron chi connectivity index (χ2n) is 6.80. The predicted molar refractivity (Wildman–Crippen MR) is 87.9 cm³/mol. The van der Waals surface area contributed by atoms with Crippen LogP contribution >= 0.6 is 0 Å². The van der Waals surface area contributed by atoms with E-state index in [4.69, 9.17) is 0 Å². The second-order valence-corrected chi connectivity index (χ2v) is 6.80. The Morgan fingerprint density at radius 3 is 2.88 bits per heavy atom. The Morgan fingerprint density at radius 2 is 2.16 bits per heavy atom. The Bertz CT molecular complexity index is 774. The van der Waals surface area contributed by atoms with E-state index in [2.05, 4.69) is 20.4 Å². The molecule has 7 nitrogen and oxygen atoms in total. The van der Waals surface area contributed by atoms with Crippen molar-refractivity contribution in [2.75, 3.05) is 19.6 Å². The van der Waals surface area contributed by atoms with Gasteiger partial charge in [0.05, 0.1) is 18.6 Å². The summed E-state index contributed by atoms with van der Waals surface area (Å²) in [7, 11) is 0. The first-order valence-corrected chi connectivity index (χ1v) is 8.66. The zero-order chi connectivity index (χ0) is 17.4. The maximum Gasteiger partial charge on any atom is 0.237 e. The van der Waals surface area contributed by atoms with Crippen molar-refractivity contribution in [3.8, 4) is 0 Å². The van der Waals surface area contributed by atoms with Crippen LogP contribution in [-0.4, -0.2) is 55.5 Å². The molecule has 1 aliphatic heterocycles. The molecular formula is C17H21FN6O. The van der Waals surface area contributed by atoms with Crippen molar-refractivity contribution in [1.29, 1.82) is 0 Å². The van der Waals surface area contributed by atoms with Crippen LogP contribution in [0.25, 0.3) is 0 Å². The number of hydrogen-bond acceptors (Lipinski definition) is 5. The van der Waals surface area contributed by atoms with Gasteiger partial charge in [-0.15, -0.1) is 5.10 Å². The Kier molecular flexibility index (Phi) is 4.20. The van der Waals surface area contributed by atoms with Gasteiger partial charge in [-0.1, -0.05) is 12.1 Å². The highest BCUT2D eigenvalue weighted by molar-refractivity contribution is 5.79. The minimum atomic E-state index is -0.274. The van der Waals surface area contributed by atoms with Crippen LogP contribution in [0.2, 0.25) is 0 Å². The number of carbonyl (C=O) groups is 1. The molecular weight excluding hydrogens is 323 g/mol. The van der Waals surface area contributed by atoms with Gasteiger partial charge in [0.25, 0.3) is 0 Å². The number of aromatic nitrogens is 4. The average Bonchev–Trinajstić information content (AvgIpc) is 3.33. The summed E-state index contributed by atoms with van der Waals surface area (Å²) in [6.45, 7) is 4.18. The number of hydrogen-bond donors (Lipinski definition) is 0. The Hall–Kier alpha value is -2.35. The van der Waals surface area contributed by atoms with Crippen LogP contribution in [0.3, 0.4) is 0 Å².